The minimum atomic E-state index is -0.246. The average Bonchev–Trinajstić information content (AvgIpc) is 2.53. The first-order valence-corrected chi connectivity index (χ1v) is 7.47. The molecule has 2 aromatic rings. The third kappa shape index (κ3) is 4.64. The summed E-state index contributed by atoms with van der Waals surface area (Å²) in [7, 11) is 1.54. The van der Waals surface area contributed by atoms with Crippen LogP contribution in [0.1, 0.15) is 24.2 Å². The van der Waals surface area contributed by atoms with Gasteiger partial charge in [0.2, 0.25) is 0 Å². The molecule has 0 bridgehead atoms. The Balaban J connectivity index is 2.15. The van der Waals surface area contributed by atoms with Crippen LogP contribution >= 0.6 is 0 Å². The molecule has 0 aromatic heterocycles. The predicted molar refractivity (Wildman–Crippen MR) is 92.1 cm³/mol. The number of methoxy groups -OCH3 is 1. The normalized spacial score (nSPS) is 10.4. The van der Waals surface area contributed by atoms with Gasteiger partial charge < -0.3 is 20.5 Å². The molecule has 0 radical (unpaired) electrons. The number of amides is 1. The standard InChI is InChI=1S/C18H22N2O3/c1-12(2)11-23-15-6-4-5-13(9-15)18(21)20-16-10-14(19)7-8-17(16)22-3/h4-10,12H,11,19H2,1-3H3,(H,20,21). The van der Waals surface area contributed by atoms with Crippen LogP contribution in [0.2, 0.25) is 0 Å². The van der Waals surface area contributed by atoms with Crippen LogP contribution in [0.25, 0.3) is 0 Å². The van der Waals surface area contributed by atoms with Crippen LogP contribution in [0.3, 0.4) is 0 Å². The summed E-state index contributed by atoms with van der Waals surface area (Å²) >= 11 is 0. The lowest BCUT2D eigenvalue weighted by Crippen LogP contribution is -2.13. The summed E-state index contributed by atoms with van der Waals surface area (Å²) in [6.07, 6.45) is 0. The predicted octanol–water partition coefficient (Wildman–Crippen LogP) is 3.56. The fraction of sp³-hybridized carbons (Fsp3) is 0.278. The largest absolute Gasteiger partial charge is 0.495 e. The Morgan fingerprint density at radius 1 is 1.22 bits per heavy atom. The number of rotatable bonds is 6. The van der Waals surface area contributed by atoms with Crippen molar-refractivity contribution in [3.63, 3.8) is 0 Å². The summed E-state index contributed by atoms with van der Waals surface area (Å²) in [5.74, 6) is 1.40. The number of nitrogens with two attached hydrogens (primary N) is 1. The molecule has 122 valence electrons. The number of hydrogen-bond acceptors (Lipinski definition) is 4. The van der Waals surface area contributed by atoms with E-state index in [9.17, 15) is 4.79 Å². The zero-order chi connectivity index (χ0) is 16.8. The molecule has 0 unspecified atom stereocenters. The van der Waals surface area contributed by atoms with E-state index in [2.05, 4.69) is 19.2 Å². The summed E-state index contributed by atoms with van der Waals surface area (Å²) in [5, 5.41) is 2.81. The average molecular weight is 314 g/mol. The van der Waals surface area contributed by atoms with Crippen molar-refractivity contribution in [1.29, 1.82) is 0 Å². The molecule has 0 saturated carbocycles. The zero-order valence-corrected chi connectivity index (χ0v) is 13.6. The molecule has 0 aliphatic rings. The maximum atomic E-state index is 12.4. The molecule has 2 rings (SSSR count). The Morgan fingerprint density at radius 2 is 2.00 bits per heavy atom. The lowest BCUT2D eigenvalue weighted by molar-refractivity contribution is 0.102. The monoisotopic (exact) mass is 314 g/mol. The number of benzene rings is 2. The molecule has 2 aromatic carbocycles. The van der Waals surface area contributed by atoms with Crippen molar-refractivity contribution in [3.8, 4) is 11.5 Å². The maximum absolute atomic E-state index is 12.4. The van der Waals surface area contributed by atoms with Crippen molar-refractivity contribution >= 4 is 17.3 Å². The molecule has 0 heterocycles. The van der Waals surface area contributed by atoms with Gasteiger partial charge in [0.1, 0.15) is 11.5 Å². The van der Waals surface area contributed by atoms with E-state index in [0.717, 1.165) is 0 Å². The highest BCUT2D eigenvalue weighted by atomic mass is 16.5. The number of nitrogens with one attached hydrogen (secondary N) is 1. The van der Waals surface area contributed by atoms with Gasteiger partial charge in [0.15, 0.2) is 0 Å². The molecule has 3 N–H and O–H groups in total. The van der Waals surface area contributed by atoms with Gasteiger partial charge in [-0.25, -0.2) is 0 Å². The molecule has 0 aliphatic carbocycles. The highest BCUT2D eigenvalue weighted by molar-refractivity contribution is 6.05. The van der Waals surface area contributed by atoms with Crippen LogP contribution in [-0.4, -0.2) is 19.6 Å². The number of nitrogen functional groups attached to an aromatic ring is 1. The molecule has 0 saturated heterocycles. The Bertz CT molecular complexity index is 684. The highest BCUT2D eigenvalue weighted by Gasteiger charge is 2.11. The molecule has 5 heteroatoms. The minimum Gasteiger partial charge on any atom is -0.495 e. The van der Waals surface area contributed by atoms with E-state index in [1.807, 2.05) is 6.07 Å². The van der Waals surface area contributed by atoms with Crippen molar-refractivity contribution in [3.05, 3.63) is 48.0 Å². The molecule has 5 nitrogen and oxygen atoms in total. The molecule has 0 fully saturated rings. The Hall–Kier alpha value is -2.69. The van der Waals surface area contributed by atoms with Gasteiger partial charge in [-0.3, -0.25) is 4.79 Å². The minimum absolute atomic E-state index is 0.246. The van der Waals surface area contributed by atoms with Crippen molar-refractivity contribution < 1.29 is 14.3 Å². The fourth-order valence-corrected chi connectivity index (χ4v) is 2.01. The number of carbonyl (C=O) groups excluding carboxylic acids is 1. The van der Waals surface area contributed by atoms with E-state index in [4.69, 9.17) is 15.2 Å². The molecule has 0 atom stereocenters. The Morgan fingerprint density at radius 3 is 2.70 bits per heavy atom. The van der Waals surface area contributed by atoms with Crippen molar-refractivity contribution in [2.75, 3.05) is 24.8 Å². The molecular formula is C18H22N2O3. The Labute approximate surface area is 136 Å². The van der Waals surface area contributed by atoms with Gasteiger partial charge in [-0.1, -0.05) is 19.9 Å². The van der Waals surface area contributed by atoms with Gasteiger partial charge in [-0.15, -0.1) is 0 Å². The second-order valence-corrected chi connectivity index (χ2v) is 5.65. The first-order chi connectivity index (χ1) is 11.0. The summed E-state index contributed by atoms with van der Waals surface area (Å²) in [4.78, 5) is 12.4. The van der Waals surface area contributed by atoms with Crippen molar-refractivity contribution in [2.24, 2.45) is 5.92 Å². The van der Waals surface area contributed by atoms with Crippen LogP contribution in [-0.2, 0) is 0 Å². The fourth-order valence-electron chi connectivity index (χ4n) is 2.01. The quantitative estimate of drug-likeness (QED) is 0.800. The topological polar surface area (TPSA) is 73.6 Å². The summed E-state index contributed by atoms with van der Waals surface area (Å²) in [6.45, 7) is 4.75. The van der Waals surface area contributed by atoms with Crippen LogP contribution in [0, 0.1) is 5.92 Å². The van der Waals surface area contributed by atoms with Gasteiger partial charge in [0.05, 0.1) is 19.4 Å². The van der Waals surface area contributed by atoms with Crippen LogP contribution in [0.5, 0.6) is 11.5 Å². The van der Waals surface area contributed by atoms with Crippen molar-refractivity contribution in [2.45, 2.75) is 13.8 Å². The molecular weight excluding hydrogens is 292 g/mol. The summed E-state index contributed by atoms with van der Waals surface area (Å²) < 4.78 is 10.9. The second kappa shape index (κ2) is 7.54. The van der Waals surface area contributed by atoms with E-state index in [-0.39, 0.29) is 5.91 Å². The highest BCUT2D eigenvalue weighted by Crippen LogP contribution is 2.27. The maximum Gasteiger partial charge on any atom is 0.255 e. The van der Waals surface area contributed by atoms with Crippen molar-refractivity contribution in [1.82, 2.24) is 0 Å². The smallest absolute Gasteiger partial charge is 0.255 e. The van der Waals surface area contributed by atoms with E-state index >= 15 is 0 Å². The third-order valence-electron chi connectivity index (χ3n) is 3.15. The van der Waals surface area contributed by atoms with Gasteiger partial charge in [0, 0.05) is 11.3 Å². The number of carbonyl (C=O) groups is 1. The second-order valence-electron chi connectivity index (χ2n) is 5.65. The first kappa shape index (κ1) is 16.7. The summed E-state index contributed by atoms with van der Waals surface area (Å²) in [5.41, 5.74) is 7.36. The van der Waals surface area contributed by atoms with Gasteiger partial charge in [-0.2, -0.15) is 0 Å². The first-order valence-electron chi connectivity index (χ1n) is 7.47. The third-order valence-corrected chi connectivity index (χ3v) is 3.15. The number of ether oxygens (including phenoxy) is 2. The van der Waals surface area contributed by atoms with Crippen LogP contribution < -0.4 is 20.5 Å². The van der Waals surface area contributed by atoms with Crippen LogP contribution in [0.15, 0.2) is 42.5 Å². The molecule has 0 spiro atoms. The van der Waals surface area contributed by atoms with Crippen LogP contribution in [0.4, 0.5) is 11.4 Å². The molecule has 23 heavy (non-hydrogen) atoms. The SMILES string of the molecule is COc1ccc(N)cc1NC(=O)c1cccc(OCC(C)C)c1. The lowest BCUT2D eigenvalue weighted by Gasteiger charge is -2.12. The van der Waals surface area contributed by atoms with E-state index in [1.54, 1.807) is 43.5 Å². The van der Waals surface area contributed by atoms with E-state index in [1.165, 1.54) is 0 Å². The van der Waals surface area contributed by atoms with Gasteiger partial charge >= 0.3 is 0 Å². The lowest BCUT2D eigenvalue weighted by atomic mass is 10.2. The zero-order valence-electron chi connectivity index (χ0n) is 13.6. The van der Waals surface area contributed by atoms with E-state index in [0.29, 0.717) is 41.0 Å². The molecule has 1 amide bonds. The Kier molecular flexibility index (Phi) is 5.46. The summed E-state index contributed by atoms with van der Waals surface area (Å²) in [6, 6.07) is 12.2. The van der Waals surface area contributed by atoms with Gasteiger partial charge in [-0.05, 0) is 42.3 Å². The number of anilines is 2. The molecule has 0 aliphatic heterocycles. The van der Waals surface area contributed by atoms with E-state index < -0.39 is 0 Å². The van der Waals surface area contributed by atoms with Gasteiger partial charge in [0.25, 0.3) is 5.91 Å². The number of hydrogen-bond donors (Lipinski definition) is 2.